The predicted molar refractivity (Wildman–Crippen MR) is 350 cm³/mol. The van der Waals surface area contributed by atoms with Gasteiger partial charge in [-0.3, -0.25) is 0 Å². The van der Waals surface area contributed by atoms with E-state index in [1.807, 2.05) is 12.1 Å². The molecule has 0 N–H and O–H groups in total. The Labute approximate surface area is 540 Å². The van der Waals surface area contributed by atoms with Crippen LogP contribution in [0, 0.1) is 0 Å². The average Bonchev–Trinajstić information content (AvgIpc) is 3.57. The summed E-state index contributed by atoms with van der Waals surface area (Å²) in [7, 11) is -9.02. The molecule has 0 saturated heterocycles. The summed E-state index contributed by atoms with van der Waals surface area (Å²) >= 11 is 0. The van der Waals surface area contributed by atoms with Crippen LogP contribution in [0.25, 0.3) is 21.5 Å². The Morgan fingerprint density at radius 1 is 0.284 bits per heavy atom. The van der Waals surface area contributed by atoms with Gasteiger partial charge in [0.05, 0.1) is 9.79 Å². The van der Waals surface area contributed by atoms with Gasteiger partial charge in [0.15, 0.2) is 0 Å². The molecule has 456 valence electrons. The van der Waals surface area contributed by atoms with Gasteiger partial charge in [0.25, 0.3) is 0 Å². The number of unbranched alkanes of at least 4 members (excludes halogenated alkanes) is 40. The Balaban J connectivity index is 0.000000547. The minimum Gasteiger partial charge on any atom is -0.744 e. The summed E-state index contributed by atoms with van der Waals surface area (Å²) in [5.74, 6) is 0. The smallest absolute Gasteiger partial charge is 0.744 e. The van der Waals surface area contributed by atoms with Crippen LogP contribution in [-0.2, 0) is 45.9 Å². The molecule has 0 radical (unpaired) electrons. The molecule has 0 unspecified atom stereocenters. The molecule has 6 nitrogen and oxygen atoms in total. The maximum atomic E-state index is 12.1. The van der Waals surface area contributed by atoms with Crippen LogP contribution in [0.2, 0.25) is 0 Å². The SMILES string of the molecule is CCCCCCCCCCCCCc1cc(CCCCCCCCCCCCC)c2c(S(=O)(=O)[O-])cccc2c1.CCCCCCCCCCCCCc1cc(CCCCCCCCCCCCC)c2c(S(=O)(=O)[O-])cccc2c1.[Ba+2]. The molecule has 0 saturated carbocycles. The molecule has 0 aromatic heterocycles. The second-order valence-corrected chi connectivity index (χ2v) is 27.0. The second kappa shape index (κ2) is 48.9. The predicted octanol–water partition coefficient (Wildman–Crippen LogP) is 22.5. The third kappa shape index (κ3) is 35.3. The summed E-state index contributed by atoms with van der Waals surface area (Å²) < 4.78 is 72.4. The van der Waals surface area contributed by atoms with Crippen molar-refractivity contribution in [1.82, 2.24) is 0 Å². The van der Waals surface area contributed by atoms with Crippen molar-refractivity contribution in [2.75, 3.05) is 0 Å². The number of fused-ring (bicyclic) bond motifs is 2. The third-order valence-electron chi connectivity index (χ3n) is 16.9. The van der Waals surface area contributed by atoms with Gasteiger partial charge in [-0.1, -0.05) is 333 Å². The molecule has 0 fully saturated rings. The van der Waals surface area contributed by atoms with E-state index in [-0.39, 0.29) is 58.7 Å². The van der Waals surface area contributed by atoms with Crippen LogP contribution in [0.3, 0.4) is 0 Å². The van der Waals surface area contributed by atoms with Crippen molar-refractivity contribution < 1.29 is 25.9 Å². The van der Waals surface area contributed by atoms with Crippen molar-refractivity contribution in [1.29, 1.82) is 0 Å². The molecular weight excluding hydrogens is 1160 g/mol. The van der Waals surface area contributed by atoms with E-state index in [1.54, 1.807) is 12.1 Å². The van der Waals surface area contributed by atoms with Crippen LogP contribution in [-0.4, -0.2) is 74.8 Å². The summed E-state index contributed by atoms with van der Waals surface area (Å²) in [6, 6.07) is 19.0. The molecule has 4 aromatic rings. The van der Waals surface area contributed by atoms with Gasteiger partial charge in [-0.05, 0) is 96.5 Å². The third-order valence-corrected chi connectivity index (χ3v) is 18.7. The second-order valence-electron chi connectivity index (χ2n) is 24.3. The molecule has 0 aliphatic carbocycles. The van der Waals surface area contributed by atoms with Crippen molar-refractivity contribution in [3.05, 3.63) is 82.9 Å². The summed E-state index contributed by atoms with van der Waals surface area (Å²) in [5.41, 5.74) is 4.65. The number of benzene rings is 4. The minimum atomic E-state index is -4.51. The van der Waals surface area contributed by atoms with E-state index in [9.17, 15) is 25.9 Å². The Morgan fingerprint density at radius 2 is 0.494 bits per heavy atom. The van der Waals surface area contributed by atoms with Gasteiger partial charge in [0, 0.05) is 10.8 Å². The van der Waals surface area contributed by atoms with Crippen LogP contribution in [0.1, 0.15) is 332 Å². The fraction of sp³-hybridized carbons (Fsp3) is 0.722. The standard InChI is InChI=1S/2C36H60O3S.Ba/c2*1-3-5-7-9-11-13-15-17-19-21-23-26-32-30-33(27-24-22-20-18-16-14-12-10-8-6-4-2)36-34(31-32)28-25-29-35(36)40(37,38)39;/h2*25,28-31H,3-24,26-27H2,1-2H3,(H,37,38,39);/q;;+2/p-2. The quantitative estimate of drug-likeness (QED) is 0.0247. The number of hydrogen-bond acceptors (Lipinski definition) is 6. The Hall–Kier alpha value is -1.21. The molecule has 0 aliphatic rings. The van der Waals surface area contributed by atoms with Crippen LogP contribution < -0.4 is 0 Å². The van der Waals surface area contributed by atoms with Gasteiger partial charge >= 0.3 is 48.9 Å². The van der Waals surface area contributed by atoms with Crippen molar-refractivity contribution in [3.8, 4) is 0 Å². The van der Waals surface area contributed by atoms with E-state index in [0.29, 0.717) is 10.8 Å². The summed E-state index contributed by atoms with van der Waals surface area (Å²) in [6.45, 7) is 9.07. The van der Waals surface area contributed by atoms with Crippen LogP contribution in [0.4, 0.5) is 0 Å². The molecule has 0 spiro atoms. The fourth-order valence-electron chi connectivity index (χ4n) is 12.1. The Kier molecular flexibility index (Phi) is 45.8. The summed E-state index contributed by atoms with van der Waals surface area (Å²) in [5, 5.41) is 3.12. The van der Waals surface area contributed by atoms with Gasteiger partial charge in [-0.15, -0.1) is 0 Å². The van der Waals surface area contributed by atoms with Crippen molar-refractivity contribution in [2.45, 2.75) is 346 Å². The normalized spacial score (nSPS) is 11.8. The van der Waals surface area contributed by atoms with Crippen LogP contribution in [0.15, 0.2) is 70.5 Å². The monoisotopic (exact) mass is 1280 g/mol. The Morgan fingerprint density at radius 3 is 0.716 bits per heavy atom. The molecular formula is C72H118BaO6S2. The van der Waals surface area contributed by atoms with E-state index < -0.39 is 20.2 Å². The van der Waals surface area contributed by atoms with Gasteiger partial charge in [0.2, 0.25) is 0 Å². The Bertz CT molecular complexity index is 2230. The van der Waals surface area contributed by atoms with Crippen LogP contribution >= 0.6 is 0 Å². The van der Waals surface area contributed by atoms with E-state index in [0.717, 1.165) is 73.3 Å². The topological polar surface area (TPSA) is 114 Å². The molecule has 0 bridgehead atoms. The van der Waals surface area contributed by atoms with Gasteiger partial charge in [0.1, 0.15) is 20.2 Å². The zero-order valence-corrected chi connectivity index (χ0v) is 58.8. The molecule has 4 rings (SSSR count). The molecule has 0 heterocycles. The van der Waals surface area contributed by atoms with Gasteiger partial charge in [-0.2, -0.15) is 0 Å². The number of rotatable bonds is 50. The fourth-order valence-corrected chi connectivity index (χ4v) is 13.6. The van der Waals surface area contributed by atoms with Crippen LogP contribution in [0.5, 0.6) is 0 Å². The largest absolute Gasteiger partial charge is 2.00 e. The number of aryl methyl sites for hydroxylation is 4. The van der Waals surface area contributed by atoms with Crippen molar-refractivity contribution in [2.24, 2.45) is 0 Å². The first-order valence-electron chi connectivity index (χ1n) is 33.9. The van der Waals surface area contributed by atoms with E-state index >= 15 is 0 Å². The molecule has 0 amide bonds. The van der Waals surface area contributed by atoms with Gasteiger partial charge in [-0.25, -0.2) is 16.8 Å². The molecule has 81 heavy (non-hydrogen) atoms. The molecule has 9 heteroatoms. The molecule has 4 aromatic carbocycles. The molecule has 0 atom stereocenters. The summed E-state index contributed by atoms with van der Waals surface area (Å²) in [4.78, 5) is -0.103. The van der Waals surface area contributed by atoms with Gasteiger partial charge < -0.3 is 9.11 Å². The van der Waals surface area contributed by atoms with E-state index in [2.05, 4.69) is 52.0 Å². The van der Waals surface area contributed by atoms with Crippen molar-refractivity contribution >= 4 is 90.7 Å². The maximum absolute atomic E-state index is 12.1. The number of hydrogen-bond donors (Lipinski definition) is 0. The van der Waals surface area contributed by atoms with E-state index in [1.165, 1.54) is 280 Å². The first-order valence-corrected chi connectivity index (χ1v) is 36.8. The summed E-state index contributed by atoms with van der Waals surface area (Å²) in [6.07, 6.45) is 61.4. The maximum Gasteiger partial charge on any atom is 2.00 e. The zero-order valence-electron chi connectivity index (χ0n) is 52.7. The zero-order chi connectivity index (χ0) is 57.8. The first-order chi connectivity index (χ1) is 38.9. The van der Waals surface area contributed by atoms with Crippen molar-refractivity contribution in [3.63, 3.8) is 0 Å². The average molecular weight is 1280 g/mol. The molecule has 0 aliphatic heterocycles. The minimum absolute atomic E-state index is 0. The first kappa shape index (κ1) is 75.9. The van der Waals surface area contributed by atoms with E-state index in [4.69, 9.17) is 0 Å².